The maximum Gasteiger partial charge on any atom is -0.0153 e. The van der Waals surface area contributed by atoms with Crippen molar-refractivity contribution >= 4 is 5.57 Å². The second-order valence-corrected chi connectivity index (χ2v) is 3.97. The summed E-state index contributed by atoms with van der Waals surface area (Å²) < 4.78 is 0. The van der Waals surface area contributed by atoms with Crippen LogP contribution in [0.2, 0.25) is 0 Å². The SMILES string of the molecule is C=C(C)C(=C(C)C)c1ccccc1C. The third-order valence-electron chi connectivity index (χ3n) is 2.34. The van der Waals surface area contributed by atoms with Crippen LogP contribution in [0.3, 0.4) is 0 Å². The molecule has 0 atom stereocenters. The van der Waals surface area contributed by atoms with Crippen LogP contribution >= 0.6 is 0 Å². The highest BCUT2D eigenvalue weighted by molar-refractivity contribution is 5.81. The molecule has 0 fully saturated rings. The van der Waals surface area contributed by atoms with E-state index in [0.717, 1.165) is 5.57 Å². The van der Waals surface area contributed by atoms with Gasteiger partial charge in [-0.3, -0.25) is 0 Å². The Labute approximate surface area is 87.0 Å². The lowest BCUT2D eigenvalue weighted by molar-refractivity contribution is 1.33. The molecule has 0 heterocycles. The van der Waals surface area contributed by atoms with Gasteiger partial charge in [0.05, 0.1) is 0 Å². The molecule has 0 saturated heterocycles. The average molecular weight is 186 g/mol. The number of benzene rings is 1. The summed E-state index contributed by atoms with van der Waals surface area (Å²) in [6.07, 6.45) is 0. The van der Waals surface area contributed by atoms with Crippen LogP contribution in [0.5, 0.6) is 0 Å². The number of aryl methyl sites for hydroxylation is 1. The molecule has 0 bridgehead atoms. The van der Waals surface area contributed by atoms with E-state index in [9.17, 15) is 0 Å². The second-order valence-electron chi connectivity index (χ2n) is 3.97. The van der Waals surface area contributed by atoms with E-state index in [4.69, 9.17) is 0 Å². The van der Waals surface area contributed by atoms with Gasteiger partial charge in [0.15, 0.2) is 0 Å². The Morgan fingerprint density at radius 1 is 1.07 bits per heavy atom. The lowest BCUT2D eigenvalue weighted by atomic mass is 9.93. The second kappa shape index (κ2) is 4.28. The summed E-state index contributed by atoms with van der Waals surface area (Å²) in [6.45, 7) is 12.5. The zero-order chi connectivity index (χ0) is 10.7. The highest BCUT2D eigenvalue weighted by Crippen LogP contribution is 2.27. The molecule has 0 aliphatic rings. The molecule has 0 N–H and O–H groups in total. The number of allylic oxidation sites excluding steroid dienone is 3. The van der Waals surface area contributed by atoms with Crippen LogP contribution in [0.1, 0.15) is 31.9 Å². The fraction of sp³-hybridized carbons (Fsp3) is 0.286. The van der Waals surface area contributed by atoms with Crippen LogP contribution in [-0.4, -0.2) is 0 Å². The number of rotatable bonds is 2. The normalized spacial score (nSPS) is 9.71. The highest BCUT2D eigenvalue weighted by atomic mass is 14.1. The summed E-state index contributed by atoms with van der Waals surface area (Å²) in [5.41, 5.74) is 6.38. The molecule has 0 amide bonds. The van der Waals surface area contributed by atoms with E-state index in [1.807, 2.05) is 0 Å². The standard InChI is InChI=1S/C14H18/c1-10(2)14(11(3)4)13-9-7-6-8-12(13)5/h6-9H,1H2,2-5H3. The Kier molecular flexibility index (Phi) is 3.29. The van der Waals surface area contributed by atoms with Gasteiger partial charge in [-0.15, -0.1) is 0 Å². The van der Waals surface area contributed by atoms with E-state index in [2.05, 4.69) is 58.5 Å². The van der Waals surface area contributed by atoms with Crippen molar-refractivity contribution in [2.24, 2.45) is 0 Å². The van der Waals surface area contributed by atoms with Crippen LogP contribution in [0, 0.1) is 6.92 Å². The Balaban J connectivity index is 3.35. The molecule has 0 spiro atoms. The van der Waals surface area contributed by atoms with Gasteiger partial charge in [0.25, 0.3) is 0 Å². The summed E-state index contributed by atoms with van der Waals surface area (Å²) in [5, 5.41) is 0. The topological polar surface area (TPSA) is 0 Å². The maximum atomic E-state index is 4.04. The van der Waals surface area contributed by atoms with E-state index in [1.165, 1.54) is 22.3 Å². The molecule has 0 radical (unpaired) electrons. The molecule has 1 rings (SSSR count). The van der Waals surface area contributed by atoms with Gasteiger partial charge in [0.1, 0.15) is 0 Å². The average Bonchev–Trinajstić information content (AvgIpc) is 2.07. The smallest absolute Gasteiger partial charge is 0.0153 e. The van der Waals surface area contributed by atoms with Gasteiger partial charge < -0.3 is 0 Å². The molecule has 0 aromatic heterocycles. The predicted molar refractivity (Wildman–Crippen MR) is 64.3 cm³/mol. The van der Waals surface area contributed by atoms with Crippen LogP contribution in [0.25, 0.3) is 5.57 Å². The minimum atomic E-state index is 1.14. The van der Waals surface area contributed by atoms with Crippen molar-refractivity contribution in [2.75, 3.05) is 0 Å². The molecule has 74 valence electrons. The minimum Gasteiger partial charge on any atom is -0.0955 e. The molecule has 0 aliphatic carbocycles. The first-order chi connectivity index (χ1) is 6.54. The first-order valence-electron chi connectivity index (χ1n) is 4.93. The van der Waals surface area contributed by atoms with Gasteiger partial charge in [0, 0.05) is 0 Å². The van der Waals surface area contributed by atoms with E-state index in [0.29, 0.717) is 0 Å². The van der Waals surface area contributed by atoms with Crippen molar-refractivity contribution in [3.63, 3.8) is 0 Å². The third-order valence-corrected chi connectivity index (χ3v) is 2.34. The Morgan fingerprint density at radius 3 is 2.07 bits per heavy atom. The van der Waals surface area contributed by atoms with Crippen molar-refractivity contribution in [3.05, 3.63) is 53.1 Å². The summed E-state index contributed by atoms with van der Waals surface area (Å²) in [6, 6.07) is 8.45. The van der Waals surface area contributed by atoms with Gasteiger partial charge in [-0.25, -0.2) is 0 Å². The van der Waals surface area contributed by atoms with E-state index < -0.39 is 0 Å². The lowest BCUT2D eigenvalue weighted by Crippen LogP contribution is -1.91. The third kappa shape index (κ3) is 2.14. The molecule has 0 heteroatoms. The zero-order valence-electron chi connectivity index (χ0n) is 9.52. The van der Waals surface area contributed by atoms with Gasteiger partial charge in [0.2, 0.25) is 0 Å². The van der Waals surface area contributed by atoms with Gasteiger partial charge in [-0.05, 0) is 44.4 Å². The van der Waals surface area contributed by atoms with Crippen molar-refractivity contribution < 1.29 is 0 Å². The van der Waals surface area contributed by atoms with E-state index in [1.54, 1.807) is 0 Å². The first-order valence-corrected chi connectivity index (χ1v) is 4.93. The van der Waals surface area contributed by atoms with Gasteiger partial charge >= 0.3 is 0 Å². The monoisotopic (exact) mass is 186 g/mol. The minimum absolute atomic E-state index is 1.14. The zero-order valence-corrected chi connectivity index (χ0v) is 9.52. The molecule has 1 aromatic rings. The van der Waals surface area contributed by atoms with E-state index >= 15 is 0 Å². The lowest BCUT2D eigenvalue weighted by Gasteiger charge is -2.12. The quantitative estimate of drug-likeness (QED) is 0.602. The van der Waals surface area contributed by atoms with Crippen molar-refractivity contribution in [1.82, 2.24) is 0 Å². The molecule has 0 saturated carbocycles. The van der Waals surface area contributed by atoms with Crippen LogP contribution in [-0.2, 0) is 0 Å². The Bertz CT molecular complexity index is 377. The molecule has 1 aromatic carbocycles. The number of hydrogen-bond acceptors (Lipinski definition) is 0. The van der Waals surface area contributed by atoms with Crippen molar-refractivity contribution in [1.29, 1.82) is 0 Å². The van der Waals surface area contributed by atoms with E-state index in [-0.39, 0.29) is 0 Å². The Morgan fingerprint density at radius 2 is 1.64 bits per heavy atom. The van der Waals surface area contributed by atoms with Crippen LogP contribution in [0.15, 0.2) is 42.0 Å². The van der Waals surface area contributed by atoms with Crippen LogP contribution < -0.4 is 0 Å². The maximum absolute atomic E-state index is 4.04. The summed E-state index contributed by atoms with van der Waals surface area (Å²) in [7, 11) is 0. The Hall–Kier alpha value is -1.30. The summed E-state index contributed by atoms with van der Waals surface area (Å²) >= 11 is 0. The molecule has 0 nitrogen and oxygen atoms in total. The molecule has 0 aliphatic heterocycles. The first kappa shape index (κ1) is 10.8. The fourth-order valence-corrected chi connectivity index (χ4v) is 1.78. The van der Waals surface area contributed by atoms with Gasteiger partial charge in [-0.1, -0.05) is 42.0 Å². The van der Waals surface area contributed by atoms with Crippen molar-refractivity contribution in [2.45, 2.75) is 27.7 Å². The molecule has 0 unspecified atom stereocenters. The van der Waals surface area contributed by atoms with Crippen molar-refractivity contribution in [3.8, 4) is 0 Å². The molecule has 14 heavy (non-hydrogen) atoms. The van der Waals surface area contributed by atoms with Crippen LogP contribution in [0.4, 0.5) is 0 Å². The summed E-state index contributed by atoms with van der Waals surface area (Å²) in [4.78, 5) is 0. The molecular weight excluding hydrogens is 168 g/mol. The number of hydrogen-bond donors (Lipinski definition) is 0. The fourth-order valence-electron chi connectivity index (χ4n) is 1.78. The highest BCUT2D eigenvalue weighted by Gasteiger charge is 2.06. The summed E-state index contributed by atoms with van der Waals surface area (Å²) in [5.74, 6) is 0. The molecular formula is C14H18. The van der Waals surface area contributed by atoms with Gasteiger partial charge in [-0.2, -0.15) is 0 Å². The predicted octanol–water partition coefficient (Wildman–Crippen LogP) is 4.36. The largest absolute Gasteiger partial charge is 0.0955 e.